The molecule has 3 N–H and O–H groups in total. The van der Waals surface area contributed by atoms with E-state index in [2.05, 4.69) is 34.0 Å². The van der Waals surface area contributed by atoms with Crippen molar-refractivity contribution in [2.24, 2.45) is 5.73 Å². The molecule has 3 heterocycles. The van der Waals surface area contributed by atoms with Gasteiger partial charge in [-0.05, 0) is 64.8 Å². The Morgan fingerprint density at radius 1 is 1.30 bits per heavy atom. The number of nitrogens with zero attached hydrogens (tertiary/aromatic N) is 3. The molecule has 0 saturated carbocycles. The van der Waals surface area contributed by atoms with E-state index >= 15 is 0 Å². The Morgan fingerprint density at radius 2 is 2.13 bits per heavy atom. The quantitative estimate of drug-likeness (QED) is 0.632. The molecule has 156 valence electrons. The summed E-state index contributed by atoms with van der Waals surface area (Å²) in [5.74, 6) is 0.0581. The van der Waals surface area contributed by atoms with Crippen molar-refractivity contribution in [2.75, 3.05) is 11.9 Å². The minimum absolute atomic E-state index is 0.0357. The number of fused-ring (bicyclic) bond motifs is 1. The molecular weight excluding hydrogens is 405 g/mol. The van der Waals surface area contributed by atoms with Gasteiger partial charge in [0.25, 0.3) is 0 Å². The number of carbonyl (C=O) groups is 1. The summed E-state index contributed by atoms with van der Waals surface area (Å²) in [6, 6.07) is 6.25. The van der Waals surface area contributed by atoms with E-state index in [0.29, 0.717) is 24.9 Å². The molecule has 0 atom stereocenters. The molecule has 0 unspecified atom stereocenters. The second kappa shape index (κ2) is 8.37. The van der Waals surface area contributed by atoms with Crippen LogP contribution in [-0.4, -0.2) is 26.8 Å². The number of benzene rings is 1. The van der Waals surface area contributed by atoms with E-state index < -0.39 is 0 Å². The number of aryl methyl sites for hydroxylation is 2. The van der Waals surface area contributed by atoms with Gasteiger partial charge >= 0.3 is 5.69 Å². The highest BCUT2D eigenvalue weighted by Crippen LogP contribution is 2.34. The van der Waals surface area contributed by atoms with Crippen molar-refractivity contribution in [1.82, 2.24) is 14.3 Å². The topological polar surface area (TPSA) is 94.9 Å². The van der Waals surface area contributed by atoms with Crippen molar-refractivity contribution in [3.63, 3.8) is 0 Å². The molecule has 1 aliphatic rings. The number of carbonyl (C=O) groups excluding carboxylic acids is 1. The van der Waals surface area contributed by atoms with Crippen LogP contribution in [0.4, 0.5) is 10.1 Å². The first-order valence-electron chi connectivity index (χ1n) is 9.60. The van der Waals surface area contributed by atoms with Crippen LogP contribution in [0.3, 0.4) is 0 Å². The van der Waals surface area contributed by atoms with Crippen LogP contribution < -0.4 is 16.7 Å². The third-order valence-corrected chi connectivity index (χ3v) is 6.10. The Labute approximate surface area is 176 Å². The van der Waals surface area contributed by atoms with Crippen LogP contribution in [-0.2, 0) is 24.3 Å². The van der Waals surface area contributed by atoms with Gasteiger partial charge in [-0.2, -0.15) is 5.10 Å². The zero-order valence-corrected chi connectivity index (χ0v) is 17.3. The fraction of sp³-hybridized carbons (Fsp3) is 0.286. The lowest BCUT2D eigenvalue weighted by Crippen LogP contribution is -2.26. The number of nitrogens with two attached hydrogens (primary N) is 1. The fourth-order valence-corrected chi connectivity index (χ4v) is 4.45. The van der Waals surface area contributed by atoms with E-state index in [-0.39, 0.29) is 24.7 Å². The highest BCUT2D eigenvalue weighted by Gasteiger charge is 2.18. The molecular formula is C21H22FN5O2S. The van der Waals surface area contributed by atoms with Crippen molar-refractivity contribution in [1.29, 1.82) is 0 Å². The molecule has 1 amide bonds. The van der Waals surface area contributed by atoms with Gasteiger partial charge in [-0.1, -0.05) is 0 Å². The summed E-state index contributed by atoms with van der Waals surface area (Å²) in [7, 11) is 0. The van der Waals surface area contributed by atoms with Crippen molar-refractivity contribution >= 4 is 22.9 Å². The number of hydrogen-bond acceptors (Lipinski definition) is 5. The number of hydrogen-bond donors (Lipinski definition) is 2. The Morgan fingerprint density at radius 3 is 2.90 bits per heavy atom. The molecule has 30 heavy (non-hydrogen) atoms. The zero-order valence-electron chi connectivity index (χ0n) is 16.5. The number of rotatable bonds is 6. The van der Waals surface area contributed by atoms with E-state index in [4.69, 9.17) is 5.73 Å². The van der Waals surface area contributed by atoms with Crippen molar-refractivity contribution in [3.05, 3.63) is 68.3 Å². The number of anilines is 1. The highest BCUT2D eigenvalue weighted by atomic mass is 32.1. The lowest BCUT2D eigenvalue weighted by Gasteiger charge is -2.20. The summed E-state index contributed by atoms with van der Waals surface area (Å²) < 4.78 is 15.4. The van der Waals surface area contributed by atoms with E-state index in [1.165, 1.54) is 15.6 Å². The molecule has 9 heteroatoms. The summed E-state index contributed by atoms with van der Waals surface area (Å²) in [6.07, 6.45) is 3.11. The van der Waals surface area contributed by atoms with Crippen LogP contribution >= 0.6 is 11.3 Å². The Hall–Kier alpha value is -3.04. The fourth-order valence-electron chi connectivity index (χ4n) is 3.56. The maximum absolute atomic E-state index is 12.7. The molecule has 0 aliphatic carbocycles. The Kier molecular flexibility index (Phi) is 5.65. The summed E-state index contributed by atoms with van der Waals surface area (Å²) in [4.78, 5) is 25.2. The molecule has 1 aliphatic heterocycles. The molecule has 2 aromatic heterocycles. The third kappa shape index (κ3) is 3.99. The molecule has 0 fully saturated rings. The van der Waals surface area contributed by atoms with Gasteiger partial charge in [0.1, 0.15) is 6.33 Å². The molecule has 0 saturated heterocycles. The molecule has 7 nitrogen and oxygen atoms in total. The van der Waals surface area contributed by atoms with Gasteiger partial charge in [0.05, 0.1) is 19.4 Å². The Balaban J connectivity index is 1.55. The minimum Gasteiger partial charge on any atom is -0.327 e. The maximum Gasteiger partial charge on any atom is 0.346 e. The smallest absolute Gasteiger partial charge is 0.327 e. The lowest BCUT2D eigenvalue weighted by molar-refractivity contribution is -0.116. The second-order valence-electron chi connectivity index (χ2n) is 7.35. The highest BCUT2D eigenvalue weighted by molar-refractivity contribution is 7.10. The first-order valence-corrected chi connectivity index (χ1v) is 10.5. The maximum atomic E-state index is 12.7. The number of nitrogens with one attached hydrogen (secondary N) is 1. The van der Waals surface area contributed by atoms with Gasteiger partial charge in [-0.3, -0.25) is 9.36 Å². The Bertz CT molecular complexity index is 1190. The van der Waals surface area contributed by atoms with Crippen LogP contribution in [0, 0.1) is 6.92 Å². The van der Waals surface area contributed by atoms with Gasteiger partial charge in [0.15, 0.2) is 0 Å². The number of thiophene rings is 1. The van der Waals surface area contributed by atoms with Crippen molar-refractivity contribution in [2.45, 2.75) is 32.9 Å². The summed E-state index contributed by atoms with van der Waals surface area (Å²) in [6.45, 7) is 2.46. The molecule has 1 aromatic carbocycles. The first kappa shape index (κ1) is 20.2. The SMILES string of the molecule is Cc1cc(-c2csc(Cn3cnn(C/C(=C/F)CN)c3=O)c2)cc2c1NC(=O)CC2. The summed E-state index contributed by atoms with van der Waals surface area (Å²) >= 11 is 1.57. The van der Waals surface area contributed by atoms with Gasteiger partial charge < -0.3 is 11.1 Å². The molecule has 3 aromatic rings. The van der Waals surface area contributed by atoms with E-state index in [9.17, 15) is 14.0 Å². The summed E-state index contributed by atoms with van der Waals surface area (Å²) in [5.41, 5.74) is 10.7. The van der Waals surface area contributed by atoms with Crippen LogP contribution in [0.5, 0.6) is 0 Å². The van der Waals surface area contributed by atoms with Crippen LogP contribution in [0.2, 0.25) is 0 Å². The number of halogens is 1. The van der Waals surface area contributed by atoms with Crippen LogP contribution in [0.1, 0.15) is 22.4 Å². The van der Waals surface area contributed by atoms with Gasteiger partial charge in [-0.25, -0.2) is 13.9 Å². The van der Waals surface area contributed by atoms with E-state index in [1.807, 2.05) is 6.92 Å². The van der Waals surface area contributed by atoms with Crippen LogP contribution in [0.15, 0.2) is 46.6 Å². The average molecular weight is 428 g/mol. The van der Waals surface area contributed by atoms with Crippen molar-refractivity contribution < 1.29 is 9.18 Å². The zero-order chi connectivity index (χ0) is 21.3. The van der Waals surface area contributed by atoms with Gasteiger partial charge in [0, 0.05) is 23.5 Å². The number of amides is 1. The third-order valence-electron chi connectivity index (χ3n) is 5.18. The van der Waals surface area contributed by atoms with Crippen LogP contribution in [0.25, 0.3) is 11.1 Å². The normalized spacial score (nSPS) is 14.0. The lowest BCUT2D eigenvalue weighted by atomic mass is 9.94. The van der Waals surface area contributed by atoms with Gasteiger partial charge in [0.2, 0.25) is 5.91 Å². The van der Waals surface area contributed by atoms with E-state index in [0.717, 1.165) is 39.2 Å². The predicted octanol–water partition coefficient (Wildman–Crippen LogP) is 2.83. The number of aromatic nitrogens is 3. The molecule has 4 rings (SSSR count). The molecule has 0 bridgehead atoms. The molecule has 0 spiro atoms. The van der Waals surface area contributed by atoms with Crippen molar-refractivity contribution in [3.8, 4) is 11.1 Å². The van der Waals surface area contributed by atoms with E-state index in [1.54, 1.807) is 11.3 Å². The minimum atomic E-state index is -0.307. The molecule has 0 radical (unpaired) electrons. The van der Waals surface area contributed by atoms with Gasteiger partial charge in [-0.15, -0.1) is 11.3 Å². The standard InChI is InChI=1S/C21H22FN5O2S/c1-13-4-16(5-15-2-3-19(28)25-20(13)15)17-6-18(30-11-17)10-26-12-24-27(21(26)29)9-14(7-22)8-23/h4-7,11-12H,2-3,8-10,23H2,1H3,(H,25,28)/b14-7+. The second-order valence-corrected chi connectivity index (χ2v) is 8.34. The summed E-state index contributed by atoms with van der Waals surface area (Å²) in [5, 5.41) is 9.07. The largest absolute Gasteiger partial charge is 0.346 e. The average Bonchev–Trinajstić information content (AvgIpc) is 3.34. The monoisotopic (exact) mass is 427 g/mol. The first-order chi connectivity index (χ1) is 14.5. The predicted molar refractivity (Wildman–Crippen MR) is 115 cm³/mol.